The zero-order valence-electron chi connectivity index (χ0n) is 15.2. The highest BCUT2D eigenvalue weighted by Crippen LogP contribution is 2.57. The second-order valence-corrected chi connectivity index (χ2v) is 7.30. The number of likely N-dealkylation sites (tertiary alicyclic amines) is 1. The zero-order chi connectivity index (χ0) is 17.2. The summed E-state index contributed by atoms with van der Waals surface area (Å²) in [5, 5.41) is 3.69. The SMILES string of the molecule is CCOC1CC(NC(=NC)N2CCC(C(=O)OC)CC2)C12CCC2. The van der Waals surface area contributed by atoms with E-state index in [1.165, 1.54) is 26.4 Å². The van der Waals surface area contributed by atoms with E-state index in [0.717, 1.165) is 44.9 Å². The molecule has 0 bridgehead atoms. The molecule has 0 aromatic heterocycles. The molecule has 0 aromatic carbocycles. The number of hydrogen-bond acceptors (Lipinski definition) is 4. The van der Waals surface area contributed by atoms with Crippen molar-refractivity contribution >= 4 is 11.9 Å². The normalized spacial score (nSPS) is 29.8. The van der Waals surface area contributed by atoms with Gasteiger partial charge in [-0.2, -0.15) is 0 Å². The molecule has 0 amide bonds. The third-order valence-corrected chi connectivity index (χ3v) is 6.28. The summed E-state index contributed by atoms with van der Waals surface area (Å²) < 4.78 is 10.8. The van der Waals surface area contributed by atoms with Crippen LogP contribution in [0.3, 0.4) is 0 Å². The molecule has 1 N–H and O–H groups in total. The minimum Gasteiger partial charge on any atom is -0.469 e. The van der Waals surface area contributed by atoms with Crippen LogP contribution in [0.5, 0.6) is 0 Å². The van der Waals surface area contributed by atoms with Gasteiger partial charge in [0.15, 0.2) is 5.96 Å². The van der Waals surface area contributed by atoms with Gasteiger partial charge < -0.3 is 19.7 Å². The molecule has 3 aliphatic rings. The highest BCUT2D eigenvalue weighted by atomic mass is 16.5. The van der Waals surface area contributed by atoms with Crippen molar-refractivity contribution < 1.29 is 14.3 Å². The molecule has 2 atom stereocenters. The van der Waals surface area contributed by atoms with Gasteiger partial charge in [-0.05, 0) is 39.0 Å². The van der Waals surface area contributed by atoms with Gasteiger partial charge in [-0.3, -0.25) is 9.79 Å². The van der Waals surface area contributed by atoms with E-state index in [4.69, 9.17) is 9.47 Å². The van der Waals surface area contributed by atoms with Crippen molar-refractivity contribution in [3.8, 4) is 0 Å². The Labute approximate surface area is 145 Å². The van der Waals surface area contributed by atoms with Crippen LogP contribution >= 0.6 is 0 Å². The average molecular weight is 337 g/mol. The predicted molar refractivity (Wildman–Crippen MR) is 92.9 cm³/mol. The van der Waals surface area contributed by atoms with Crippen molar-refractivity contribution in [1.29, 1.82) is 0 Å². The molecule has 24 heavy (non-hydrogen) atoms. The van der Waals surface area contributed by atoms with Crippen LogP contribution in [0, 0.1) is 11.3 Å². The molecule has 1 heterocycles. The summed E-state index contributed by atoms with van der Waals surface area (Å²) in [4.78, 5) is 18.4. The second kappa shape index (κ2) is 7.30. The Kier molecular flexibility index (Phi) is 5.33. The minimum atomic E-state index is -0.0791. The first-order valence-corrected chi connectivity index (χ1v) is 9.32. The molecule has 136 valence electrons. The van der Waals surface area contributed by atoms with Gasteiger partial charge in [0.2, 0.25) is 0 Å². The maximum absolute atomic E-state index is 11.7. The number of methoxy groups -OCH3 is 1. The number of ether oxygens (including phenoxy) is 2. The van der Waals surface area contributed by atoms with Crippen molar-refractivity contribution in [2.24, 2.45) is 16.3 Å². The van der Waals surface area contributed by atoms with Crippen molar-refractivity contribution in [1.82, 2.24) is 10.2 Å². The highest BCUT2D eigenvalue weighted by molar-refractivity contribution is 5.81. The van der Waals surface area contributed by atoms with Crippen LogP contribution in [-0.2, 0) is 14.3 Å². The summed E-state index contributed by atoms with van der Waals surface area (Å²) in [6.45, 7) is 4.59. The first kappa shape index (κ1) is 17.5. The van der Waals surface area contributed by atoms with Gasteiger partial charge in [-0.15, -0.1) is 0 Å². The number of guanidine groups is 1. The molecule has 3 rings (SSSR count). The summed E-state index contributed by atoms with van der Waals surface area (Å²) in [7, 11) is 3.32. The fourth-order valence-electron chi connectivity index (χ4n) is 4.59. The molecule has 1 saturated heterocycles. The summed E-state index contributed by atoms with van der Waals surface area (Å²) in [6.07, 6.45) is 7.00. The van der Waals surface area contributed by atoms with E-state index in [1.807, 2.05) is 7.05 Å². The van der Waals surface area contributed by atoms with E-state index in [0.29, 0.717) is 17.6 Å². The fourth-order valence-corrected chi connectivity index (χ4v) is 4.59. The smallest absolute Gasteiger partial charge is 0.308 e. The van der Waals surface area contributed by atoms with Gasteiger partial charge >= 0.3 is 5.97 Å². The summed E-state index contributed by atoms with van der Waals surface area (Å²) in [6, 6.07) is 0.472. The number of hydrogen-bond donors (Lipinski definition) is 1. The Morgan fingerprint density at radius 3 is 2.54 bits per heavy atom. The maximum Gasteiger partial charge on any atom is 0.308 e. The van der Waals surface area contributed by atoms with Crippen LogP contribution in [-0.4, -0.2) is 62.8 Å². The van der Waals surface area contributed by atoms with E-state index < -0.39 is 0 Å². The van der Waals surface area contributed by atoms with Gasteiger partial charge in [0.1, 0.15) is 0 Å². The Bertz CT molecular complexity index is 482. The number of nitrogens with one attached hydrogen (secondary N) is 1. The first-order chi connectivity index (χ1) is 11.6. The zero-order valence-corrected chi connectivity index (χ0v) is 15.2. The van der Waals surface area contributed by atoms with Gasteiger partial charge in [-0.25, -0.2) is 0 Å². The van der Waals surface area contributed by atoms with Gasteiger partial charge in [0.05, 0.1) is 19.1 Å². The van der Waals surface area contributed by atoms with Crippen LogP contribution in [0.2, 0.25) is 0 Å². The molecule has 3 fully saturated rings. The molecular weight excluding hydrogens is 306 g/mol. The summed E-state index contributed by atoms with van der Waals surface area (Å²) in [5.41, 5.74) is 0.330. The van der Waals surface area contributed by atoms with Crippen LogP contribution in [0.15, 0.2) is 4.99 Å². The Hall–Kier alpha value is -1.30. The molecule has 2 unspecified atom stereocenters. The van der Waals surface area contributed by atoms with E-state index in [-0.39, 0.29) is 11.9 Å². The maximum atomic E-state index is 11.7. The molecule has 6 nitrogen and oxygen atoms in total. The largest absolute Gasteiger partial charge is 0.469 e. The Balaban J connectivity index is 1.54. The molecule has 2 aliphatic carbocycles. The predicted octanol–water partition coefficient (Wildman–Crippen LogP) is 1.79. The monoisotopic (exact) mass is 337 g/mol. The second-order valence-electron chi connectivity index (χ2n) is 7.30. The quantitative estimate of drug-likeness (QED) is 0.481. The lowest BCUT2D eigenvalue weighted by atomic mass is 9.51. The molecule has 1 aliphatic heterocycles. The fraction of sp³-hybridized carbons (Fsp3) is 0.889. The number of carbonyl (C=O) groups is 1. The third-order valence-electron chi connectivity index (χ3n) is 6.28. The summed E-state index contributed by atoms with van der Waals surface area (Å²) >= 11 is 0. The third kappa shape index (κ3) is 3.01. The van der Waals surface area contributed by atoms with Crippen LogP contribution < -0.4 is 5.32 Å². The molecule has 6 heteroatoms. The molecular formula is C18H31N3O3. The lowest BCUT2D eigenvalue weighted by molar-refractivity contribution is -0.169. The van der Waals surface area contributed by atoms with E-state index in [2.05, 4.69) is 22.1 Å². The standard InChI is InChI=1S/C18H31N3O3/c1-4-24-15-12-14(18(15)8-5-9-18)20-17(19-2)21-10-6-13(7-11-21)16(22)23-3/h13-15H,4-12H2,1-3H3,(H,19,20). The van der Waals surface area contributed by atoms with Crippen LogP contribution in [0.25, 0.3) is 0 Å². The van der Waals surface area contributed by atoms with E-state index >= 15 is 0 Å². The number of esters is 1. The molecule has 1 spiro atoms. The lowest BCUT2D eigenvalue weighted by Gasteiger charge is -2.61. The Morgan fingerprint density at radius 2 is 2.04 bits per heavy atom. The number of rotatable bonds is 4. The number of carbonyl (C=O) groups excluding carboxylic acids is 1. The van der Waals surface area contributed by atoms with E-state index in [9.17, 15) is 4.79 Å². The van der Waals surface area contributed by atoms with Crippen molar-refractivity contribution in [2.75, 3.05) is 33.9 Å². The Morgan fingerprint density at radius 1 is 1.33 bits per heavy atom. The van der Waals surface area contributed by atoms with Crippen molar-refractivity contribution in [3.05, 3.63) is 0 Å². The van der Waals surface area contributed by atoms with E-state index in [1.54, 1.807) is 0 Å². The molecule has 0 radical (unpaired) electrons. The minimum absolute atomic E-state index is 0.0355. The van der Waals surface area contributed by atoms with Crippen molar-refractivity contribution in [2.45, 2.75) is 57.6 Å². The highest BCUT2D eigenvalue weighted by Gasteiger charge is 2.59. The van der Waals surface area contributed by atoms with Gasteiger partial charge in [0, 0.05) is 38.2 Å². The lowest BCUT2D eigenvalue weighted by Crippen LogP contribution is -2.69. The number of piperidine rings is 1. The average Bonchev–Trinajstić information content (AvgIpc) is 2.55. The summed E-state index contributed by atoms with van der Waals surface area (Å²) in [5.74, 6) is 0.933. The van der Waals surface area contributed by atoms with Gasteiger partial charge in [-0.1, -0.05) is 6.42 Å². The molecule has 2 saturated carbocycles. The number of nitrogens with zero attached hydrogens (tertiary/aromatic N) is 2. The topological polar surface area (TPSA) is 63.2 Å². The van der Waals surface area contributed by atoms with Crippen LogP contribution in [0.1, 0.15) is 45.4 Å². The van der Waals surface area contributed by atoms with Crippen molar-refractivity contribution in [3.63, 3.8) is 0 Å². The first-order valence-electron chi connectivity index (χ1n) is 9.32. The van der Waals surface area contributed by atoms with Gasteiger partial charge in [0.25, 0.3) is 0 Å². The number of aliphatic imine (C=N–C) groups is 1. The van der Waals surface area contributed by atoms with Crippen LogP contribution in [0.4, 0.5) is 0 Å². The molecule has 0 aromatic rings.